The van der Waals surface area contributed by atoms with Gasteiger partial charge < -0.3 is 24.3 Å². The topological polar surface area (TPSA) is 114 Å². The first kappa shape index (κ1) is 30.3. The van der Waals surface area contributed by atoms with Gasteiger partial charge in [0.1, 0.15) is 16.5 Å². The van der Waals surface area contributed by atoms with Crippen molar-refractivity contribution in [2.75, 3.05) is 48.0 Å². The van der Waals surface area contributed by atoms with Crippen molar-refractivity contribution < 1.29 is 27.5 Å². The highest BCUT2D eigenvalue weighted by atomic mass is 32.1. The molecule has 6 heterocycles. The monoisotopic (exact) mass is 668 g/mol. The number of anilines is 3. The molecule has 2 saturated heterocycles. The molecule has 8 rings (SSSR count). The van der Waals surface area contributed by atoms with Crippen molar-refractivity contribution in [3.8, 4) is 21.2 Å². The predicted molar refractivity (Wildman–Crippen MR) is 176 cm³/mol. The van der Waals surface area contributed by atoms with E-state index < -0.39 is 11.6 Å². The largest absolute Gasteiger partial charge is 0.423 e. The second kappa shape index (κ2) is 11.9. The summed E-state index contributed by atoms with van der Waals surface area (Å²) in [4.78, 5) is 36.4. The fourth-order valence-electron chi connectivity index (χ4n) is 6.84. The lowest BCUT2D eigenvalue weighted by atomic mass is 9.73. The Hall–Kier alpha value is -5.01. The average molecular weight is 669 g/mol. The summed E-state index contributed by atoms with van der Waals surface area (Å²) >= 11 is 1.13. The third-order valence-corrected chi connectivity index (χ3v) is 10.6. The molecule has 0 radical (unpaired) electrons. The molecule has 2 aromatic carbocycles. The number of rotatable bonds is 5. The van der Waals surface area contributed by atoms with Gasteiger partial charge in [0.15, 0.2) is 5.82 Å². The highest BCUT2D eigenvalue weighted by molar-refractivity contribution is 7.19. The molecule has 3 aromatic heterocycles. The van der Waals surface area contributed by atoms with Crippen molar-refractivity contribution in [2.45, 2.75) is 26.2 Å². The highest BCUT2D eigenvalue weighted by Crippen LogP contribution is 2.47. The molecular weight excluding hydrogens is 638 g/mol. The van der Waals surface area contributed by atoms with Crippen LogP contribution >= 0.6 is 11.3 Å². The number of amides is 2. The summed E-state index contributed by atoms with van der Waals surface area (Å²) in [7, 11) is 0. The third kappa shape index (κ3) is 5.32. The molecule has 1 spiro atoms. The number of hydrogen-bond donors (Lipinski definition) is 1. The second-order valence-corrected chi connectivity index (χ2v) is 13.6. The molecule has 48 heavy (non-hydrogen) atoms. The van der Waals surface area contributed by atoms with Crippen LogP contribution in [0.1, 0.15) is 44.7 Å². The summed E-state index contributed by atoms with van der Waals surface area (Å²) in [6.45, 7) is 5.22. The van der Waals surface area contributed by atoms with E-state index in [1.54, 1.807) is 36.5 Å². The van der Waals surface area contributed by atoms with Crippen molar-refractivity contribution in [2.24, 2.45) is 5.41 Å². The first-order valence-electron chi connectivity index (χ1n) is 15.7. The van der Waals surface area contributed by atoms with Crippen LogP contribution in [0.2, 0.25) is 0 Å². The minimum Gasteiger partial charge on any atom is -0.423 e. The number of nitrogens with zero attached hydrogens (tertiary/aromatic N) is 5. The Morgan fingerprint density at radius 1 is 1.02 bits per heavy atom. The van der Waals surface area contributed by atoms with Gasteiger partial charge in [-0.3, -0.25) is 9.59 Å². The van der Waals surface area contributed by atoms with E-state index in [0.717, 1.165) is 62.4 Å². The molecule has 0 unspecified atom stereocenters. The van der Waals surface area contributed by atoms with Crippen LogP contribution in [0.5, 0.6) is 0 Å². The van der Waals surface area contributed by atoms with E-state index in [2.05, 4.69) is 25.4 Å². The van der Waals surface area contributed by atoms with E-state index in [9.17, 15) is 14.0 Å². The zero-order valence-electron chi connectivity index (χ0n) is 26.0. The number of benzene rings is 2. The minimum absolute atomic E-state index is 0.0631. The Morgan fingerprint density at radius 3 is 2.56 bits per heavy atom. The van der Waals surface area contributed by atoms with Gasteiger partial charge in [0.2, 0.25) is 6.39 Å². The van der Waals surface area contributed by atoms with Gasteiger partial charge in [-0.25, -0.2) is 13.8 Å². The number of carbonyl (C=O) groups is 2. The minimum atomic E-state index is -0.520. The van der Waals surface area contributed by atoms with Crippen LogP contribution in [-0.2, 0) is 11.2 Å². The molecule has 0 bridgehead atoms. The smallest absolute Gasteiger partial charge is 0.260 e. The average Bonchev–Trinajstić information content (AvgIpc) is 3.69. The van der Waals surface area contributed by atoms with Crippen LogP contribution < -0.4 is 15.1 Å². The summed E-state index contributed by atoms with van der Waals surface area (Å²) in [6, 6.07) is 12.5. The molecule has 0 saturated carbocycles. The number of halogens is 2. The number of aryl methyl sites for hydroxylation is 1. The molecule has 3 aliphatic rings. The highest BCUT2D eigenvalue weighted by Gasteiger charge is 2.45. The summed E-state index contributed by atoms with van der Waals surface area (Å²) in [6.07, 6.45) is 5.11. The summed E-state index contributed by atoms with van der Waals surface area (Å²) in [5.74, 6) is -0.964. The van der Waals surface area contributed by atoms with Gasteiger partial charge >= 0.3 is 0 Å². The predicted octanol–water partition coefficient (Wildman–Crippen LogP) is 6.52. The zero-order chi connectivity index (χ0) is 33.0. The molecule has 2 fully saturated rings. The number of hydrogen-bond acceptors (Lipinski definition) is 9. The van der Waals surface area contributed by atoms with E-state index in [0.29, 0.717) is 44.3 Å². The lowest BCUT2D eigenvalue weighted by Crippen LogP contribution is -2.59. The van der Waals surface area contributed by atoms with E-state index >= 15 is 4.39 Å². The number of fused-ring (bicyclic) bond motifs is 3. The molecule has 244 valence electrons. The number of ether oxygens (including phenoxy) is 1. The van der Waals surface area contributed by atoms with Crippen LogP contribution in [0, 0.1) is 24.0 Å². The lowest BCUT2D eigenvalue weighted by Gasteiger charge is -2.53. The molecule has 13 heteroatoms. The maximum absolute atomic E-state index is 15.6. The van der Waals surface area contributed by atoms with Crippen LogP contribution in [0.15, 0.2) is 65.5 Å². The molecule has 5 aromatic rings. The number of aromatic nitrogens is 3. The van der Waals surface area contributed by atoms with Crippen molar-refractivity contribution in [3.63, 3.8) is 0 Å². The standard InChI is InChI=1S/C35H30F2N6O4S/c1-20-14-26(31(38-16-20)42-17-35(18-42)9-12-46-13-10-35)32(44)40-23-5-2-21(3-6-23)34(45)43-11-8-25-28(37)30(33-41-39-19-47-33)48-29(25)24-7-4-22(36)15-27(24)43/h2-7,14-16,19H,8-13,17-18H2,1H3,(H,40,44). The fraction of sp³-hybridized carbons (Fsp3) is 0.286. The van der Waals surface area contributed by atoms with Crippen LogP contribution in [0.25, 0.3) is 21.2 Å². The number of carbonyl (C=O) groups excluding carboxylic acids is 2. The summed E-state index contributed by atoms with van der Waals surface area (Å²) in [5.41, 5.74) is 3.70. The van der Waals surface area contributed by atoms with Gasteiger partial charge in [0.05, 0.1) is 11.3 Å². The van der Waals surface area contributed by atoms with Crippen molar-refractivity contribution in [3.05, 3.63) is 95.0 Å². The SMILES string of the molecule is Cc1cnc(N2CC3(CCOCC3)C2)c(C(=O)Nc2ccc(C(=O)N3CCc4c(sc(-c5nnco5)c4F)-c4ccc(F)cc43)cc2)c1. The molecule has 10 nitrogen and oxygen atoms in total. The van der Waals surface area contributed by atoms with Crippen molar-refractivity contribution in [1.29, 1.82) is 0 Å². The first-order chi connectivity index (χ1) is 23.3. The summed E-state index contributed by atoms with van der Waals surface area (Å²) < 4.78 is 41.0. The Kier molecular flexibility index (Phi) is 7.52. The maximum Gasteiger partial charge on any atom is 0.260 e. The second-order valence-electron chi connectivity index (χ2n) is 12.5. The quantitative estimate of drug-likeness (QED) is 0.225. The molecule has 3 aliphatic heterocycles. The van der Waals surface area contributed by atoms with Crippen LogP contribution in [-0.4, -0.2) is 59.8 Å². The van der Waals surface area contributed by atoms with Crippen molar-refractivity contribution >= 4 is 40.3 Å². The van der Waals surface area contributed by atoms with Gasteiger partial charge in [-0.2, -0.15) is 0 Å². The molecule has 0 aliphatic carbocycles. The van der Waals surface area contributed by atoms with Gasteiger partial charge in [0.25, 0.3) is 17.7 Å². The van der Waals surface area contributed by atoms with E-state index in [1.807, 2.05) is 13.0 Å². The Bertz CT molecular complexity index is 2030. The first-order valence-corrected chi connectivity index (χ1v) is 16.5. The lowest BCUT2D eigenvalue weighted by molar-refractivity contribution is -0.000510. The molecule has 1 N–H and O–H groups in total. The third-order valence-electron chi connectivity index (χ3n) is 9.37. The number of thiophene rings is 1. The fourth-order valence-corrected chi connectivity index (χ4v) is 8.03. The Balaban J connectivity index is 1.02. The maximum atomic E-state index is 15.6. The molecular formula is C35H30F2N6O4S. The Morgan fingerprint density at radius 2 is 1.81 bits per heavy atom. The van der Waals surface area contributed by atoms with Gasteiger partial charge in [-0.15, -0.1) is 21.5 Å². The van der Waals surface area contributed by atoms with Gasteiger partial charge in [-0.1, -0.05) is 0 Å². The van der Waals surface area contributed by atoms with E-state index in [-0.39, 0.29) is 41.0 Å². The molecule has 0 atom stereocenters. The van der Waals surface area contributed by atoms with E-state index in [4.69, 9.17) is 9.15 Å². The van der Waals surface area contributed by atoms with Gasteiger partial charge in [0, 0.05) is 71.7 Å². The summed E-state index contributed by atoms with van der Waals surface area (Å²) in [5, 5.41) is 10.4. The number of nitrogens with one attached hydrogen (secondary N) is 1. The number of pyridine rings is 1. The van der Waals surface area contributed by atoms with Crippen LogP contribution in [0.3, 0.4) is 0 Å². The van der Waals surface area contributed by atoms with Gasteiger partial charge in [-0.05, 0) is 80.3 Å². The van der Waals surface area contributed by atoms with Crippen molar-refractivity contribution in [1.82, 2.24) is 15.2 Å². The molecule has 2 amide bonds. The van der Waals surface area contributed by atoms with E-state index in [1.165, 1.54) is 17.0 Å². The zero-order valence-corrected chi connectivity index (χ0v) is 26.8. The Labute approximate surface area is 278 Å². The normalized spacial score (nSPS) is 16.6. The van der Waals surface area contributed by atoms with Crippen LogP contribution in [0.4, 0.5) is 26.0 Å².